The SMILES string of the molecule is CCCCNC(=O)[C@@H](CC)N(Cc1ccccc1)C(=O)COc1ccc(F)cc1. The van der Waals surface area contributed by atoms with E-state index >= 15 is 0 Å². The predicted octanol–water partition coefficient (Wildman–Crippen LogP) is 3.93. The molecule has 1 atom stereocenters. The predicted molar refractivity (Wildman–Crippen MR) is 111 cm³/mol. The Morgan fingerprint density at radius 3 is 2.38 bits per heavy atom. The van der Waals surface area contributed by atoms with Crippen LogP contribution in [0.2, 0.25) is 0 Å². The van der Waals surface area contributed by atoms with Crippen LogP contribution in [0, 0.1) is 5.82 Å². The van der Waals surface area contributed by atoms with Gasteiger partial charge in [-0.05, 0) is 42.7 Å². The molecule has 0 saturated heterocycles. The number of unbranched alkanes of at least 4 members (excludes halogenated alkanes) is 1. The Labute approximate surface area is 171 Å². The monoisotopic (exact) mass is 400 g/mol. The number of ether oxygens (including phenoxy) is 1. The first-order chi connectivity index (χ1) is 14.0. The maximum atomic E-state index is 13.0. The van der Waals surface area contributed by atoms with Gasteiger partial charge in [-0.2, -0.15) is 0 Å². The zero-order chi connectivity index (χ0) is 21.1. The van der Waals surface area contributed by atoms with Gasteiger partial charge in [0, 0.05) is 13.1 Å². The summed E-state index contributed by atoms with van der Waals surface area (Å²) in [7, 11) is 0. The van der Waals surface area contributed by atoms with E-state index in [0.29, 0.717) is 25.3 Å². The third kappa shape index (κ3) is 7.22. The van der Waals surface area contributed by atoms with Gasteiger partial charge in [-0.3, -0.25) is 9.59 Å². The summed E-state index contributed by atoms with van der Waals surface area (Å²) < 4.78 is 18.6. The van der Waals surface area contributed by atoms with Crippen molar-refractivity contribution in [2.24, 2.45) is 0 Å². The highest BCUT2D eigenvalue weighted by atomic mass is 19.1. The van der Waals surface area contributed by atoms with Gasteiger partial charge in [-0.1, -0.05) is 50.6 Å². The molecule has 0 aliphatic heterocycles. The molecule has 156 valence electrons. The summed E-state index contributed by atoms with van der Waals surface area (Å²) in [4.78, 5) is 27.2. The number of rotatable bonds is 11. The molecule has 6 heteroatoms. The van der Waals surface area contributed by atoms with Crippen LogP contribution in [0.1, 0.15) is 38.7 Å². The summed E-state index contributed by atoms with van der Waals surface area (Å²) in [5.41, 5.74) is 0.933. The minimum absolute atomic E-state index is 0.160. The molecule has 0 unspecified atom stereocenters. The molecule has 0 heterocycles. The smallest absolute Gasteiger partial charge is 0.261 e. The first kappa shape index (κ1) is 22.4. The van der Waals surface area contributed by atoms with Crippen LogP contribution in [0.5, 0.6) is 5.75 Å². The normalized spacial score (nSPS) is 11.6. The number of halogens is 1. The van der Waals surface area contributed by atoms with Gasteiger partial charge in [0.2, 0.25) is 5.91 Å². The number of amides is 2. The number of carbonyl (C=O) groups excluding carboxylic acids is 2. The Bertz CT molecular complexity index is 765. The van der Waals surface area contributed by atoms with Gasteiger partial charge in [-0.25, -0.2) is 4.39 Å². The van der Waals surface area contributed by atoms with E-state index in [4.69, 9.17) is 4.74 Å². The number of hydrogen-bond donors (Lipinski definition) is 1. The van der Waals surface area contributed by atoms with E-state index in [2.05, 4.69) is 12.2 Å². The van der Waals surface area contributed by atoms with E-state index in [1.54, 1.807) is 4.90 Å². The van der Waals surface area contributed by atoms with Gasteiger partial charge >= 0.3 is 0 Å². The van der Waals surface area contributed by atoms with Crippen LogP contribution in [0.15, 0.2) is 54.6 Å². The van der Waals surface area contributed by atoms with Crippen molar-refractivity contribution in [1.82, 2.24) is 10.2 Å². The lowest BCUT2D eigenvalue weighted by molar-refractivity contribution is -0.143. The highest BCUT2D eigenvalue weighted by Crippen LogP contribution is 2.15. The molecule has 29 heavy (non-hydrogen) atoms. The molecule has 0 radical (unpaired) electrons. The fraction of sp³-hybridized carbons (Fsp3) is 0.391. The van der Waals surface area contributed by atoms with Crippen molar-refractivity contribution in [1.29, 1.82) is 0 Å². The van der Waals surface area contributed by atoms with Crippen molar-refractivity contribution < 1.29 is 18.7 Å². The van der Waals surface area contributed by atoms with E-state index < -0.39 is 6.04 Å². The van der Waals surface area contributed by atoms with Gasteiger partial charge in [0.15, 0.2) is 6.61 Å². The summed E-state index contributed by atoms with van der Waals surface area (Å²) in [6.45, 7) is 4.62. The summed E-state index contributed by atoms with van der Waals surface area (Å²) in [5, 5.41) is 2.92. The van der Waals surface area contributed by atoms with Crippen LogP contribution in [0.3, 0.4) is 0 Å². The molecule has 2 aromatic carbocycles. The van der Waals surface area contributed by atoms with E-state index in [0.717, 1.165) is 18.4 Å². The van der Waals surface area contributed by atoms with Gasteiger partial charge in [-0.15, -0.1) is 0 Å². The lowest BCUT2D eigenvalue weighted by Crippen LogP contribution is -2.50. The lowest BCUT2D eigenvalue weighted by atomic mass is 10.1. The molecule has 0 aliphatic carbocycles. The maximum absolute atomic E-state index is 13.0. The highest BCUT2D eigenvalue weighted by Gasteiger charge is 2.28. The first-order valence-corrected chi connectivity index (χ1v) is 10.0. The largest absolute Gasteiger partial charge is 0.484 e. The first-order valence-electron chi connectivity index (χ1n) is 10.0. The molecule has 0 saturated carbocycles. The standard InChI is InChI=1S/C23H29FN2O3/c1-3-5-15-25-23(28)21(4-2)26(16-18-9-7-6-8-10-18)22(27)17-29-20-13-11-19(24)12-14-20/h6-14,21H,3-5,15-17H2,1-2H3,(H,25,28)/t21-/m1/s1. The van der Waals surface area contributed by atoms with Crippen molar-refractivity contribution in [2.75, 3.05) is 13.2 Å². The Morgan fingerprint density at radius 2 is 1.76 bits per heavy atom. The zero-order valence-electron chi connectivity index (χ0n) is 17.1. The van der Waals surface area contributed by atoms with Crippen molar-refractivity contribution in [3.8, 4) is 5.75 Å². The Hall–Kier alpha value is -2.89. The lowest BCUT2D eigenvalue weighted by Gasteiger charge is -2.30. The Kier molecular flexibility index (Phi) is 9.15. The van der Waals surface area contributed by atoms with Gasteiger partial charge in [0.05, 0.1) is 0 Å². The van der Waals surface area contributed by atoms with Crippen LogP contribution in [-0.4, -0.2) is 35.9 Å². The maximum Gasteiger partial charge on any atom is 0.261 e. The zero-order valence-corrected chi connectivity index (χ0v) is 17.1. The molecule has 0 aromatic heterocycles. The van der Waals surface area contributed by atoms with Crippen molar-refractivity contribution >= 4 is 11.8 Å². The molecule has 0 spiro atoms. The Balaban J connectivity index is 2.12. The number of carbonyl (C=O) groups is 2. The van der Waals surface area contributed by atoms with Crippen LogP contribution in [0.4, 0.5) is 4.39 Å². The van der Waals surface area contributed by atoms with E-state index in [1.807, 2.05) is 37.3 Å². The average Bonchev–Trinajstić information content (AvgIpc) is 2.74. The second kappa shape index (κ2) is 11.8. The molecule has 2 amide bonds. The summed E-state index contributed by atoms with van der Waals surface area (Å²) in [6, 6.07) is 14.4. The summed E-state index contributed by atoms with van der Waals surface area (Å²) in [6.07, 6.45) is 2.37. The number of nitrogens with one attached hydrogen (secondary N) is 1. The molecule has 1 N–H and O–H groups in total. The molecule has 0 fully saturated rings. The molecule has 0 bridgehead atoms. The van der Waals surface area contributed by atoms with E-state index in [1.165, 1.54) is 24.3 Å². The summed E-state index contributed by atoms with van der Waals surface area (Å²) in [5.74, 6) is -0.424. The molecule has 2 rings (SSSR count). The van der Waals surface area contributed by atoms with Crippen molar-refractivity contribution in [2.45, 2.75) is 45.7 Å². The second-order valence-corrected chi connectivity index (χ2v) is 6.82. The fourth-order valence-electron chi connectivity index (χ4n) is 2.96. The fourth-order valence-corrected chi connectivity index (χ4v) is 2.96. The van der Waals surface area contributed by atoms with Crippen LogP contribution >= 0.6 is 0 Å². The molecule has 5 nitrogen and oxygen atoms in total. The van der Waals surface area contributed by atoms with Gasteiger partial charge in [0.25, 0.3) is 5.91 Å². The topological polar surface area (TPSA) is 58.6 Å². The highest BCUT2D eigenvalue weighted by molar-refractivity contribution is 5.88. The van der Waals surface area contributed by atoms with E-state index in [9.17, 15) is 14.0 Å². The number of benzene rings is 2. The molecular weight excluding hydrogens is 371 g/mol. The Morgan fingerprint density at radius 1 is 1.07 bits per heavy atom. The third-order valence-corrected chi connectivity index (χ3v) is 4.59. The second-order valence-electron chi connectivity index (χ2n) is 6.82. The van der Waals surface area contributed by atoms with Gasteiger partial charge < -0.3 is 15.0 Å². The van der Waals surface area contributed by atoms with Gasteiger partial charge in [0.1, 0.15) is 17.6 Å². The average molecular weight is 400 g/mol. The van der Waals surface area contributed by atoms with E-state index in [-0.39, 0.29) is 24.2 Å². The quantitative estimate of drug-likeness (QED) is 0.582. The minimum Gasteiger partial charge on any atom is -0.484 e. The molecular formula is C23H29FN2O3. The van der Waals surface area contributed by atoms with Crippen LogP contribution in [-0.2, 0) is 16.1 Å². The number of nitrogens with zero attached hydrogens (tertiary/aromatic N) is 1. The molecule has 2 aromatic rings. The third-order valence-electron chi connectivity index (χ3n) is 4.59. The van der Waals surface area contributed by atoms with Crippen LogP contribution < -0.4 is 10.1 Å². The minimum atomic E-state index is -0.587. The van der Waals surface area contributed by atoms with Crippen molar-refractivity contribution in [3.63, 3.8) is 0 Å². The number of hydrogen-bond acceptors (Lipinski definition) is 3. The van der Waals surface area contributed by atoms with Crippen LogP contribution in [0.25, 0.3) is 0 Å². The molecule has 0 aliphatic rings. The summed E-state index contributed by atoms with van der Waals surface area (Å²) >= 11 is 0. The van der Waals surface area contributed by atoms with Crippen molar-refractivity contribution in [3.05, 3.63) is 66.0 Å².